The first kappa shape index (κ1) is 13.3. The van der Waals surface area contributed by atoms with Crippen molar-refractivity contribution in [2.24, 2.45) is 5.73 Å². The van der Waals surface area contributed by atoms with Crippen LogP contribution in [0.4, 0.5) is 4.79 Å². The molecule has 0 spiro atoms. The van der Waals surface area contributed by atoms with Crippen LogP contribution in [0.5, 0.6) is 0 Å². The fourth-order valence-electron chi connectivity index (χ4n) is 2.31. The Morgan fingerprint density at radius 3 is 2.50 bits per heavy atom. The molecule has 0 aliphatic heterocycles. The van der Waals surface area contributed by atoms with E-state index in [-0.39, 0.29) is 18.1 Å². The van der Waals surface area contributed by atoms with Gasteiger partial charge in [0.15, 0.2) is 0 Å². The minimum absolute atomic E-state index is 0.0416. The lowest BCUT2D eigenvalue weighted by Gasteiger charge is -2.24. The lowest BCUT2D eigenvalue weighted by Crippen LogP contribution is -2.47. The molecule has 0 saturated heterocycles. The largest absolute Gasteiger partial charge is 0.336 e. The van der Waals surface area contributed by atoms with Gasteiger partial charge < -0.3 is 16.4 Å². The third-order valence-electron chi connectivity index (χ3n) is 3.04. The van der Waals surface area contributed by atoms with E-state index in [1.54, 1.807) is 0 Å². The predicted octanol–water partition coefficient (Wildman–Crippen LogP) is 1.74. The van der Waals surface area contributed by atoms with E-state index in [2.05, 4.69) is 10.6 Å². The Bertz CT molecular complexity index is 212. The Kier molecular flexibility index (Phi) is 5.60. The van der Waals surface area contributed by atoms with Gasteiger partial charge >= 0.3 is 6.03 Å². The van der Waals surface area contributed by atoms with E-state index >= 15 is 0 Å². The minimum atomic E-state index is -0.0416. The fourth-order valence-corrected chi connectivity index (χ4v) is 2.31. The molecule has 2 atom stereocenters. The molecule has 0 radical (unpaired) electrons. The van der Waals surface area contributed by atoms with Crippen LogP contribution in [0.3, 0.4) is 0 Å². The zero-order valence-electron chi connectivity index (χ0n) is 10.5. The summed E-state index contributed by atoms with van der Waals surface area (Å²) in [5.41, 5.74) is 5.68. The lowest BCUT2D eigenvalue weighted by molar-refractivity contribution is 0.228. The van der Waals surface area contributed by atoms with Gasteiger partial charge in [0.05, 0.1) is 0 Å². The minimum Gasteiger partial charge on any atom is -0.336 e. The number of hydrogen-bond donors (Lipinski definition) is 3. The molecule has 0 bridgehead atoms. The monoisotopic (exact) mass is 227 g/mol. The van der Waals surface area contributed by atoms with Crippen LogP contribution in [0.25, 0.3) is 0 Å². The summed E-state index contributed by atoms with van der Waals surface area (Å²) in [6.45, 7) is 3.95. The number of carbonyl (C=O) groups is 1. The molecule has 1 fully saturated rings. The van der Waals surface area contributed by atoms with Crippen LogP contribution in [0.1, 0.15) is 52.4 Å². The highest BCUT2D eigenvalue weighted by molar-refractivity contribution is 5.74. The standard InChI is InChI=1S/C12H25N3O/c1-9(13)8-10(2)14-12(16)15-11-6-4-3-5-7-11/h9-11H,3-8,13H2,1-2H3,(H2,14,15,16). The van der Waals surface area contributed by atoms with Gasteiger partial charge in [-0.05, 0) is 33.1 Å². The van der Waals surface area contributed by atoms with Gasteiger partial charge in [-0.15, -0.1) is 0 Å². The molecule has 1 aliphatic rings. The van der Waals surface area contributed by atoms with Crippen molar-refractivity contribution in [1.82, 2.24) is 10.6 Å². The second-order valence-corrected chi connectivity index (χ2v) is 5.07. The highest BCUT2D eigenvalue weighted by Gasteiger charge is 2.16. The van der Waals surface area contributed by atoms with E-state index in [4.69, 9.17) is 5.73 Å². The number of nitrogens with one attached hydrogen (secondary N) is 2. The van der Waals surface area contributed by atoms with E-state index < -0.39 is 0 Å². The molecule has 94 valence electrons. The maximum absolute atomic E-state index is 11.6. The molecule has 0 aromatic carbocycles. The molecule has 4 N–H and O–H groups in total. The van der Waals surface area contributed by atoms with Crippen LogP contribution >= 0.6 is 0 Å². The Morgan fingerprint density at radius 2 is 1.94 bits per heavy atom. The van der Waals surface area contributed by atoms with Crippen LogP contribution in [0.15, 0.2) is 0 Å². The van der Waals surface area contributed by atoms with Crippen molar-refractivity contribution in [3.63, 3.8) is 0 Å². The maximum atomic E-state index is 11.6. The summed E-state index contributed by atoms with van der Waals surface area (Å²) >= 11 is 0. The zero-order valence-corrected chi connectivity index (χ0v) is 10.5. The van der Waals surface area contributed by atoms with Gasteiger partial charge in [-0.1, -0.05) is 19.3 Å². The second-order valence-electron chi connectivity index (χ2n) is 5.07. The summed E-state index contributed by atoms with van der Waals surface area (Å²) in [5, 5.41) is 5.96. The van der Waals surface area contributed by atoms with Gasteiger partial charge in [-0.25, -0.2) is 4.79 Å². The van der Waals surface area contributed by atoms with Crippen molar-refractivity contribution in [3.05, 3.63) is 0 Å². The molecule has 2 amide bonds. The summed E-state index contributed by atoms with van der Waals surface area (Å²) in [4.78, 5) is 11.6. The van der Waals surface area contributed by atoms with Crippen molar-refractivity contribution in [3.8, 4) is 0 Å². The van der Waals surface area contributed by atoms with Gasteiger partial charge in [0.25, 0.3) is 0 Å². The van der Waals surface area contributed by atoms with E-state index in [1.165, 1.54) is 19.3 Å². The molecular weight excluding hydrogens is 202 g/mol. The number of carbonyl (C=O) groups excluding carboxylic acids is 1. The summed E-state index contributed by atoms with van der Waals surface area (Å²) in [6.07, 6.45) is 6.84. The van der Waals surface area contributed by atoms with Crippen LogP contribution in [-0.2, 0) is 0 Å². The first-order valence-electron chi connectivity index (χ1n) is 6.40. The normalized spacial score (nSPS) is 21.2. The molecule has 1 aliphatic carbocycles. The Hall–Kier alpha value is -0.770. The van der Waals surface area contributed by atoms with E-state index in [0.29, 0.717) is 6.04 Å². The van der Waals surface area contributed by atoms with Crippen LogP contribution in [-0.4, -0.2) is 24.2 Å². The molecule has 16 heavy (non-hydrogen) atoms. The topological polar surface area (TPSA) is 67.1 Å². The molecule has 0 heterocycles. The molecule has 1 rings (SSSR count). The number of rotatable bonds is 4. The molecule has 2 unspecified atom stereocenters. The van der Waals surface area contributed by atoms with E-state index in [9.17, 15) is 4.79 Å². The number of nitrogens with two attached hydrogens (primary N) is 1. The third-order valence-corrected chi connectivity index (χ3v) is 3.04. The average Bonchev–Trinajstić information content (AvgIpc) is 2.17. The maximum Gasteiger partial charge on any atom is 0.315 e. The molecule has 1 saturated carbocycles. The fraction of sp³-hybridized carbons (Fsp3) is 0.917. The van der Waals surface area contributed by atoms with Crippen molar-refractivity contribution < 1.29 is 4.79 Å². The summed E-state index contributed by atoms with van der Waals surface area (Å²) in [5.74, 6) is 0. The van der Waals surface area contributed by atoms with E-state index in [1.807, 2.05) is 13.8 Å². The van der Waals surface area contributed by atoms with E-state index in [0.717, 1.165) is 19.3 Å². The highest BCUT2D eigenvalue weighted by atomic mass is 16.2. The molecule has 4 nitrogen and oxygen atoms in total. The van der Waals surface area contributed by atoms with Gasteiger partial charge in [0, 0.05) is 18.1 Å². The van der Waals surface area contributed by atoms with Gasteiger partial charge in [-0.2, -0.15) is 0 Å². The van der Waals surface area contributed by atoms with Gasteiger partial charge in [0.2, 0.25) is 0 Å². The average molecular weight is 227 g/mol. The third kappa shape index (κ3) is 5.35. The molecular formula is C12H25N3O. The number of urea groups is 1. The van der Waals surface area contributed by atoms with Crippen molar-refractivity contribution in [2.45, 2.75) is 70.5 Å². The van der Waals surface area contributed by atoms with Crippen molar-refractivity contribution >= 4 is 6.03 Å². The summed E-state index contributed by atoms with van der Waals surface area (Å²) in [6, 6.07) is 0.602. The van der Waals surface area contributed by atoms with Crippen LogP contribution < -0.4 is 16.4 Å². The zero-order chi connectivity index (χ0) is 12.0. The van der Waals surface area contributed by atoms with Crippen LogP contribution in [0.2, 0.25) is 0 Å². The number of hydrogen-bond acceptors (Lipinski definition) is 2. The molecule has 0 aromatic heterocycles. The Labute approximate surface area is 98.3 Å². The molecule has 0 aromatic rings. The Morgan fingerprint density at radius 1 is 1.31 bits per heavy atom. The first-order valence-corrected chi connectivity index (χ1v) is 6.40. The predicted molar refractivity (Wildman–Crippen MR) is 66.3 cm³/mol. The summed E-state index contributed by atoms with van der Waals surface area (Å²) < 4.78 is 0. The quantitative estimate of drug-likeness (QED) is 0.685. The van der Waals surface area contributed by atoms with Gasteiger partial charge in [0.1, 0.15) is 0 Å². The summed E-state index contributed by atoms with van der Waals surface area (Å²) in [7, 11) is 0. The van der Waals surface area contributed by atoms with Crippen molar-refractivity contribution in [1.29, 1.82) is 0 Å². The van der Waals surface area contributed by atoms with Crippen LogP contribution in [0, 0.1) is 0 Å². The molecule has 4 heteroatoms. The highest BCUT2D eigenvalue weighted by Crippen LogP contribution is 2.17. The Balaban J connectivity index is 2.18. The number of amides is 2. The smallest absolute Gasteiger partial charge is 0.315 e. The van der Waals surface area contributed by atoms with Crippen molar-refractivity contribution in [2.75, 3.05) is 0 Å². The lowest BCUT2D eigenvalue weighted by atomic mass is 9.96. The second kappa shape index (κ2) is 6.74. The first-order chi connectivity index (χ1) is 7.58. The SMILES string of the molecule is CC(N)CC(C)NC(=O)NC1CCCCC1. The van der Waals surface area contributed by atoms with Gasteiger partial charge in [-0.3, -0.25) is 0 Å².